The molecule has 1 atom stereocenters. The van der Waals surface area contributed by atoms with Crippen LogP contribution >= 0.6 is 0 Å². The molecule has 0 fully saturated rings. The van der Waals surface area contributed by atoms with E-state index in [0.717, 1.165) is 31.2 Å². The van der Waals surface area contributed by atoms with Gasteiger partial charge in [-0.05, 0) is 30.5 Å². The van der Waals surface area contributed by atoms with Crippen LogP contribution in [0.4, 0.5) is 0 Å². The zero-order valence-electron chi connectivity index (χ0n) is 11.2. The molecule has 100 valence electrons. The molecular formula is C15H22O3. The van der Waals surface area contributed by atoms with Crippen molar-refractivity contribution in [3.63, 3.8) is 0 Å². The number of hydrogen-bond donors (Lipinski definition) is 1. The smallest absolute Gasteiger partial charge is 0.308 e. The van der Waals surface area contributed by atoms with Crippen LogP contribution in [0.5, 0.6) is 5.75 Å². The van der Waals surface area contributed by atoms with Crippen LogP contribution in [-0.4, -0.2) is 18.2 Å². The van der Waals surface area contributed by atoms with Crippen LogP contribution in [0, 0.1) is 5.92 Å². The number of unbranched alkanes of at least 4 members (excludes halogenated alkanes) is 2. The first-order valence-electron chi connectivity index (χ1n) is 6.53. The summed E-state index contributed by atoms with van der Waals surface area (Å²) in [7, 11) is 1.44. The van der Waals surface area contributed by atoms with Crippen molar-refractivity contribution >= 4 is 5.97 Å². The minimum atomic E-state index is -0.140. The molecule has 0 aliphatic rings. The Kier molecular flexibility index (Phi) is 6.26. The van der Waals surface area contributed by atoms with Gasteiger partial charge in [0.25, 0.3) is 0 Å². The fourth-order valence-electron chi connectivity index (χ4n) is 2.03. The van der Waals surface area contributed by atoms with Gasteiger partial charge in [-0.25, -0.2) is 0 Å². The zero-order chi connectivity index (χ0) is 13.4. The van der Waals surface area contributed by atoms with Crippen molar-refractivity contribution in [2.45, 2.75) is 39.0 Å². The molecule has 1 aromatic rings. The number of phenols is 1. The summed E-state index contributed by atoms with van der Waals surface area (Å²) in [5, 5.41) is 9.23. The van der Waals surface area contributed by atoms with Gasteiger partial charge >= 0.3 is 5.97 Å². The van der Waals surface area contributed by atoms with Crippen molar-refractivity contribution in [1.82, 2.24) is 0 Å². The summed E-state index contributed by atoms with van der Waals surface area (Å²) in [5.41, 5.74) is 1.06. The normalized spacial score (nSPS) is 12.1. The third-order valence-corrected chi connectivity index (χ3v) is 3.11. The lowest BCUT2D eigenvalue weighted by Gasteiger charge is -2.14. The third kappa shape index (κ3) is 4.78. The molecule has 0 spiro atoms. The van der Waals surface area contributed by atoms with Crippen molar-refractivity contribution in [3.8, 4) is 5.75 Å². The van der Waals surface area contributed by atoms with Gasteiger partial charge < -0.3 is 9.84 Å². The number of esters is 1. The second-order valence-electron chi connectivity index (χ2n) is 4.59. The van der Waals surface area contributed by atoms with E-state index in [1.807, 2.05) is 12.1 Å². The van der Waals surface area contributed by atoms with Gasteiger partial charge in [0.2, 0.25) is 0 Å². The molecular weight excluding hydrogens is 228 g/mol. The van der Waals surface area contributed by atoms with Crippen LogP contribution < -0.4 is 0 Å². The Labute approximate surface area is 109 Å². The van der Waals surface area contributed by atoms with Gasteiger partial charge in [0, 0.05) is 0 Å². The van der Waals surface area contributed by atoms with Gasteiger partial charge in [-0.2, -0.15) is 0 Å². The Morgan fingerprint density at radius 1 is 1.28 bits per heavy atom. The second-order valence-corrected chi connectivity index (χ2v) is 4.59. The Morgan fingerprint density at radius 2 is 1.94 bits per heavy atom. The maximum atomic E-state index is 11.7. The van der Waals surface area contributed by atoms with Crippen LogP contribution in [0.3, 0.4) is 0 Å². The van der Waals surface area contributed by atoms with Crippen molar-refractivity contribution < 1.29 is 14.6 Å². The SMILES string of the molecule is CCCCC[C@H](Cc1ccc(O)cc1)C(=O)OC. The number of rotatable bonds is 7. The minimum Gasteiger partial charge on any atom is -0.508 e. The van der Waals surface area contributed by atoms with E-state index in [1.54, 1.807) is 12.1 Å². The molecule has 1 N–H and O–H groups in total. The lowest BCUT2D eigenvalue weighted by Crippen LogP contribution is -2.18. The highest BCUT2D eigenvalue weighted by Gasteiger charge is 2.19. The summed E-state index contributed by atoms with van der Waals surface area (Å²) < 4.78 is 4.85. The van der Waals surface area contributed by atoms with E-state index in [1.165, 1.54) is 7.11 Å². The largest absolute Gasteiger partial charge is 0.508 e. The van der Waals surface area contributed by atoms with Crippen molar-refractivity contribution in [2.75, 3.05) is 7.11 Å². The monoisotopic (exact) mass is 250 g/mol. The van der Waals surface area contributed by atoms with Crippen LogP contribution in [0.1, 0.15) is 38.2 Å². The molecule has 18 heavy (non-hydrogen) atoms. The van der Waals surface area contributed by atoms with Gasteiger partial charge in [-0.15, -0.1) is 0 Å². The molecule has 3 nitrogen and oxygen atoms in total. The van der Waals surface area contributed by atoms with E-state index in [-0.39, 0.29) is 17.6 Å². The number of methoxy groups -OCH3 is 1. The third-order valence-electron chi connectivity index (χ3n) is 3.11. The molecule has 0 amide bonds. The first-order chi connectivity index (χ1) is 8.67. The molecule has 0 bridgehead atoms. The molecule has 1 aromatic carbocycles. The number of benzene rings is 1. The number of aromatic hydroxyl groups is 1. The predicted molar refractivity (Wildman–Crippen MR) is 71.5 cm³/mol. The highest BCUT2D eigenvalue weighted by Crippen LogP contribution is 2.19. The van der Waals surface area contributed by atoms with E-state index in [2.05, 4.69) is 6.92 Å². The van der Waals surface area contributed by atoms with E-state index in [0.29, 0.717) is 6.42 Å². The number of hydrogen-bond acceptors (Lipinski definition) is 3. The quantitative estimate of drug-likeness (QED) is 0.596. The highest BCUT2D eigenvalue weighted by atomic mass is 16.5. The summed E-state index contributed by atoms with van der Waals surface area (Å²) in [6.45, 7) is 2.15. The number of carbonyl (C=O) groups is 1. The van der Waals surface area contributed by atoms with Gasteiger partial charge in [0.05, 0.1) is 13.0 Å². The average Bonchev–Trinajstić information content (AvgIpc) is 2.39. The van der Waals surface area contributed by atoms with E-state index in [4.69, 9.17) is 4.74 Å². The Bertz CT molecular complexity index is 357. The molecule has 0 aromatic heterocycles. The maximum Gasteiger partial charge on any atom is 0.308 e. The fraction of sp³-hybridized carbons (Fsp3) is 0.533. The maximum absolute atomic E-state index is 11.7. The highest BCUT2D eigenvalue weighted by molar-refractivity contribution is 5.72. The number of carbonyl (C=O) groups excluding carboxylic acids is 1. The summed E-state index contributed by atoms with van der Waals surface area (Å²) in [6.07, 6.45) is 4.88. The molecule has 0 saturated carbocycles. The van der Waals surface area contributed by atoms with Crippen LogP contribution in [0.15, 0.2) is 24.3 Å². The predicted octanol–water partition coefficient (Wildman–Crippen LogP) is 3.30. The zero-order valence-corrected chi connectivity index (χ0v) is 11.2. The second kappa shape index (κ2) is 7.75. The molecule has 0 heterocycles. The fourth-order valence-corrected chi connectivity index (χ4v) is 2.03. The standard InChI is InChI=1S/C15H22O3/c1-3-4-5-6-13(15(17)18-2)11-12-7-9-14(16)10-8-12/h7-10,13,16H,3-6,11H2,1-2H3/t13-/m1/s1. The van der Waals surface area contributed by atoms with Gasteiger partial charge in [0.1, 0.15) is 5.75 Å². The van der Waals surface area contributed by atoms with Gasteiger partial charge in [-0.3, -0.25) is 4.79 Å². The molecule has 0 aliphatic carbocycles. The minimum absolute atomic E-state index is 0.0777. The van der Waals surface area contributed by atoms with Crippen LogP contribution in [0.25, 0.3) is 0 Å². The number of phenolic OH excluding ortho intramolecular Hbond substituents is 1. The van der Waals surface area contributed by atoms with Crippen molar-refractivity contribution in [3.05, 3.63) is 29.8 Å². The topological polar surface area (TPSA) is 46.5 Å². The van der Waals surface area contributed by atoms with Crippen molar-refractivity contribution in [2.24, 2.45) is 5.92 Å². The average molecular weight is 250 g/mol. The summed E-state index contributed by atoms with van der Waals surface area (Å²) >= 11 is 0. The summed E-state index contributed by atoms with van der Waals surface area (Å²) in [6, 6.07) is 7.00. The lowest BCUT2D eigenvalue weighted by molar-refractivity contribution is -0.145. The summed E-state index contributed by atoms with van der Waals surface area (Å²) in [5.74, 6) is 0.0321. The van der Waals surface area contributed by atoms with Crippen LogP contribution in [0.2, 0.25) is 0 Å². The first kappa shape index (κ1) is 14.6. The lowest BCUT2D eigenvalue weighted by atomic mass is 9.94. The van der Waals surface area contributed by atoms with E-state index in [9.17, 15) is 9.90 Å². The van der Waals surface area contributed by atoms with Gasteiger partial charge in [-0.1, -0.05) is 38.3 Å². The van der Waals surface area contributed by atoms with E-state index < -0.39 is 0 Å². The molecule has 0 saturated heterocycles. The molecule has 0 radical (unpaired) electrons. The van der Waals surface area contributed by atoms with Crippen LogP contribution in [-0.2, 0) is 16.0 Å². The Balaban J connectivity index is 2.59. The van der Waals surface area contributed by atoms with E-state index >= 15 is 0 Å². The Hall–Kier alpha value is -1.51. The molecule has 0 unspecified atom stereocenters. The Morgan fingerprint density at radius 3 is 2.50 bits per heavy atom. The molecule has 3 heteroatoms. The molecule has 1 rings (SSSR count). The number of ether oxygens (including phenoxy) is 1. The van der Waals surface area contributed by atoms with Gasteiger partial charge in [0.15, 0.2) is 0 Å². The first-order valence-corrected chi connectivity index (χ1v) is 6.53. The van der Waals surface area contributed by atoms with Crippen molar-refractivity contribution in [1.29, 1.82) is 0 Å². The molecule has 0 aliphatic heterocycles. The summed E-state index contributed by atoms with van der Waals surface area (Å²) in [4.78, 5) is 11.7.